The van der Waals surface area contributed by atoms with E-state index in [-0.39, 0.29) is 0 Å². The maximum Gasteiger partial charge on any atom is 0.113 e. The topological polar surface area (TPSA) is 30.7 Å². The van der Waals surface area contributed by atoms with Crippen molar-refractivity contribution in [1.82, 2.24) is 14.5 Å². The van der Waals surface area contributed by atoms with Crippen LogP contribution in [0.15, 0.2) is 37.1 Å². The Balaban J connectivity index is 2.03. The Morgan fingerprint density at radius 3 is 3.00 bits per heavy atom. The summed E-state index contributed by atoms with van der Waals surface area (Å²) >= 11 is 0. The van der Waals surface area contributed by atoms with Gasteiger partial charge in [0.05, 0.1) is 12.9 Å². The van der Waals surface area contributed by atoms with Gasteiger partial charge in [0.1, 0.15) is 5.69 Å². The summed E-state index contributed by atoms with van der Waals surface area (Å²) in [6.45, 7) is 2.66. The first-order valence-electron chi connectivity index (χ1n) is 4.72. The van der Waals surface area contributed by atoms with Gasteiger partial charge < -0.3 is 4.57 Å². The molecule has 2 heterocycles. The lowest BCUT2D eigenvalue weighted by atomic mass is 10.3. The van der Waals surface area contributed by atoms with Gasteiger partial charge >= 0.3 is 0 Å². The van der Waals surface area contributed by atoms with E-state index in [0.717, 1.165) is 11.3 Å². The normalized spacial score (nSPS) is 9.40. The second-order valence-corrected chi connectivity index (χ2v) is 3.26. The molecule has 2 rings (SSSR count). The van der Waals surface area contributed by atoms with Crippen molar-refractivity contribution in [3.63, 3.8) is 0 Å². The maximum absolute atomic E-state index is 4.20. The standard InChI is InChI=1S/C12H11N3/c1-11-4-5-12(14-9-11)3-2-7-15-8-6-13-10-15/h4-6,8-10H,7H2,1H3. The van der Waals surface area contributed by atoms with E-state index in [1.165, 1.54) is 0 Å². The Kier molecular flexibility index (Phi) is 2.80. The van der Waals surface area contributed by atoms with Gasteiger partial charge in [-0.1, -0.05) is 12.0 Å². The predicted octanol–water partition coefficient (Wildman–Crippen LogP) is 1.64. The fraction of sp³-hybridized carbons (Fsp3) is 0.167. The zero-order valence-corrected chi connectivity index (χ0v) is 8.51. The Morgan fingerprint density at radius 1 is 1.40 bits per heavy atom. The smallest absolute Gasteiger partial charge is 0.113 e. The maximum atomic E-state index is 4.20. The quantitative estimate of drug-likeness (QED) is 0.651. The summed E-state index contributed by atoms with van der Waals surface area (Å²) in [7, 11) is 0. The molecule has 0 atom stereocenters. The minimum atomic E-state index is 0.648. The van der Waals surface area contributed by atoms with E-state index in [2.05, 4.69) is 21.8 Å². The number of imidazole rings is 1. The molecule has 0 amide bonds. The Hall–Kier alpha value is -2.08. The summed E-state index contributed by atoms with van der Waals surface area (Å²) in [5, 5.41) is 0. The molecule has 2 aromatic heterocycles. The second-order valence-electron chi connectivity index (χ2n) is 3.26. The zero-order valence-electron chi connectivity index (χ0n) is 8.51. The molecule has 2 aromatic rings. The highest BCUT2D eigenvalue weighted by Gasteiger charge is 1.87. The monoisotopic (exact) mass is 197 g/mol. The number of hydrogen-bond donors (Lipinski definition) is 0. The molecule has 3 heteroatoms. The van der Waals surface area contributed by atoms with E-state index in [1.54, 1.807) is 12.5 Å². The van der Waals surface area contributed by atoms with Crippen LogP contribution in [-0.2, 0) is 6.54 Å². The van der Waals surface area contributed by atoms with Gasteiger partial charge in [-0.25, -0.2) is 9.97 Å². The molecule has 0 aliphatic heterocycles. The van der Waals surface area contributed by atoms with Crippen LogP contribution in [0.4, 0.5) is 0 Å². The van der Waals surface area contributed by atoms with Crippen molar-refractivity contribution in [2.45, 2.75) is 13.5 Å². The van der Waals surface area contributed by atoms with E-state index in [0.29, 0.717) is 6.54 Å². The first-order chi connectivity index (χ1) is 7.34. The molecular weight excluding hydrogens is 186 g/mol. The highest BCUT2D eigenvalue weighted by atomic mass is 15.0. The van der Waals surface area contributed by atoms with Gasteiger partial charge in [-0.05, 0) is 24.5 Å². The van der Waals surface area contributed by atoms with Crippen molar-refractivity contribution < 1.29 is 0 Å². The van der Waals surface area contributed by atoms with E-state index >= 15 is 0 Å². The van der Waals surface area contributed by atoms with E-state index in [4.69, 9.17) is 0 Å². The average Bonchev–Trinajstić information content (AvgIpc) is 2.74. The van der Waals surface area contributed by atoms with Gasteiger partial charge in [0.25, 0.3) is 0 Å². The molecule has 0 aliphatic rings. The lowest BCUT2D eigenvalue weighted by Crippen LogP contribution is -1.90. The van der Waals surface area contributed by atoms with E-state index in [9.17, 15) is 0 Å². The minimum Gasteiger partial charge on any atom is -0.326 e. The molecule has 0 bridgehead atoms. The van der Waals surface area contributed by atoms with Crippen LogP contribution >= 0.6 is 0 Å². The van der Waals surface area contributed by atoms with Gasteiger partial charge in [-0.15, -0.1) is 0 Å². The highest BCUT2D eigenvalue weighted by Crippen LogP contribution is 1.96. The van der Waals surface area contributed by atoms with Crippen molar-refractivity contribution in [3.05, 3.63) is 48.3 Å². The SMILES string of the molecule is Cc1ccc(C#CCn2ccnc2)nc1. The van der Waals surface area contributed by atoms with Crippen LogP contribution in [-0.4, -0.2) is 14.5 Å². The number of aromatic nitrogens is 3. The second kappa shape index (κ2) is 4.43. The molecule has 0 spiro atoms. The third-order valence-electron chi connectivity index (χ3n) is 1.95. The van der Waals surface area contributed by atoms with Crippen LogP contribution < -0.4 is 0 Å². The highest BCUT2D eigenvalue weighted by molar-refractivity contribution is 5.28. The van der Waals surface area contributed by atoms with Crippen LogP contribution in [0.25, 0.3) is 0 Å². The number of rotatable bonds is 1. The van der Waals surface area contributed by atoms with E-state index < -0.39 is 0 Å². The molecule has 0 aromatic carbocycles. The van der Waals surface area contributed by atoms with E-state index in [1.807, 2.05) is 36.0 Å². The summed E-state index contributed by atoms with van der Waals surface area (Å²) in [4.78, 5) is 8.14. The van der Waals surface area contributed by atoms with Crippen LogP contribution in [0, 0.1) is 18.8 Å². The number of aryl methyl sites for hydroxylation is 1. The lowest BCUT2D eigenvalue weighted by molar-refractivity contribution is 0.839. The number of hydrogen-bond acceptors (Lipinski definition) is 2. The molecule has 0 unspecified atom stereocenters. The summed E-state index contributed by atoms with van der Waals surface area (Å²) in [5.41, 5.74) is 1.95. The third-order valence-corrected chi connectivity index (χ3v) is 1.95. The predicted molar refractivity (Wildman–Crippen MR) is 58.1 cm³/mol. The molecule has 0 saturated heterocycles. The van der Waals surface area contributed by atoms with Crippen molar-refractivity contribution in [2.24, 2.45) is 0 Å². The lowest BCUT2D eigenvalue weighted by Gasteiger charge is -1.92. The van der Waals surface area contributed by atoms with Crippen molar-refractivity contribution in [2.75, 3.05) is 0 Å². The fourth-order valence-corrected chi connectivity index (χ4v) is 1.14. The largest absolute Gasteiger partial charge is 0.326 e. The average molecular weight is 197 g/mol. The molecule has 0 fully saturated rings. The Morgan fingerprint density at radius 2 is 2.33 bits per heavy atom. The zero-order chi connectivity index (χ0) is 10.5. The van der Waals surface area contributed by atoms with Crippen LogP contribution in [0.1, 0.15) is 11.3 Å². The Labute approximate surface area is 88.8 Å². The molecule has 0 saturated carbocycles. The minimum absolute atomic E-state index is 0.648. The first kappa shape index (κ1) is 9.47. The van der Waals surface area contributed by atoms with Crippen LogP contribution in [0.5, 0.6) is 0 Å². The molecule has 0 radical (unpaired) electrons. The van der Waals surface area contributed by atoms with Gasteiger partial charge in [-0.3, -0.25) is 0 Å². The molecule has 0 aliphatic carbocycles. The van der Waals surface area contributed by atoms with Gasteiger partial charge in [0.2, 0.25) is 0 Å². The van der Waals surface area contributed by atoms with Crippen molar-refractivity contribution in [1.29, 1.82) is 0 Å². The molecule has 0 N–H and O–H groups in total. The van der Waals surface area contributed by atoms with Crippen LogP contribution in [0.2, 0.25) is 0 Å². The molecule has 74 valence electrons. The molecular formula is C12H11N3. The third kappa shape index (κ3) is 2.68. The summed E-state index contributed by atoms with van der Waals surface area (Å²) < 4.78 is 1.92. The fourth-order valence-electron chi connectivity index (χ4n) is 1.14. The number of nitrogens with zero attached hydrogens (tertiary/aromatic N) is 3. The summed E-state index contributed by atoms with van der Waals surface area (Å²) in [5.74, 6) is 6.03. The van der Waals surface area contributed by atoms with Crippen LogP contribution in [0.3, 0.4) is 0 Å². The number of pyridine rings is 1. The summed E-state index contributed by atoms with van der Waals surface area (Å²) in [6.07, 6.45) is 7.20. The van der Waals surface area contributed by atoms with Crippen molar-refractivity contribution in [3.8, 4) is 11.8 Å². The van der Waals surface area contributed by atoms with Gasteiger partial charge in [-0.2, -0.15) is 0 Å². The molecule has 3 nitrogen and oxygen atoms in total. The van der Waals surface area contributed by atoms with Crippen molar-refractivity contribution >= 4 is 0 Å². The summed E-state index contributed by atoms with van der Waals surface area (Å²) in [6, 6.07) is 3.93. The molecule has 15 heavy (non-hydrogen) atoms. The Bertz CT molecular complexity index is 472. The van der Waals surface area contributed by atoms with Gasteiger partial charge in [0.15, 0.2) is 0 Å². The van der Waals surface area contributed by atoms with Gasteiger partial charge in [0, 0.05) is 18.6 Å². The first-order valence-corrected chi connectivity index (χ1v) is 4.72.